The zero-order valence-electron chi connectivity index (χ0n) is 10.6. The van der Waals surface area contributed by atoms with Gasteiger partial charge in [-0.2, -0.15) is 0 Å². The third-order valence-corrected chi connectivity index (χ3v) is 5.04. The lowest BCUT2D eigenvalue weighted by Gasteiger charge is -2.21. The number of halogens is 1. The summed E-state index contributed by atoms with van der Waals surface area (Å²) in [6, 6.07) is 6.18. The van der Waals surface area contributed by atoms with Gasteiger partial charge in [0.25, 0.3) is 0 Å². The molecule has 19 heavy (non-hydrogen) atoms. The number of benzene rings is 1. The van der Waals surface area contributed by atoms with Gasteiger partial charge in [-0.1, -0.05) is 11.6 Å². The summed E-state index contributed by atoms with van der Waals surface area (Å²) >= 11 is 5.74. The molecule has 1 aliphatic heterocycles. The third kappa shape index (κ3) is 4.45. The highest BCUT2D eigenvalue weighted by atomic mass is 35.5. The highest BCUT2D eigenvalue weighted by Gasteiger charge is 2.16. The average Bonchev–Trinajstić information content (AvgIpc) is 2.40. The number of hydrogen-bond acceptors (Lipinski definition) is 3. The van der Waals surface area contributed by atoms with Crippen molar-refractivity contribution in [3.05, 3.63) is 29.3 Å². The van der Waals surface area contributed by atoms with Crippen LogP contribution in [0, 0.1) is 5.92 Å². The van der Waals surface area contributed by atoms with E-state index in [1.54, 1.807) is 12.1 Å². The predicted molar refractivity (Wildman–Crippen MR) is 74.8 cm³/mol. The van der Waals surface area contributed by atoms with Gasteiger partial charge in [-0.3, -0.25) is 0 Å². The van der Waals surface area contributed by atoms with Gasteiger partial charge in [-0.15, -0.1) is 0 Å². The molecule has 1 fully saturated rings. The first-order chi connectivity index (χ1) is 9.08. The van der Waals surface area contributed by atoms with E-state index in [9.17, 15) is 8.42 Å². The van der Waals surface area contributed by atoms with E-state index in [-0.39, 0.29) is 4.90 Å². The molecular weight excluding hydrogens is 286 g/mol. The molecule has 0 atom stereocenters. The van der Waals surface area contributed by atoms with Gasteiger partial charge in [0, 0.05) is 24.8 Å². The predicted octanol–water partition coefficient (Wildman–Crippen LogP) is 2.43. The van der Waals surface area contributed by atoms with E-state index < -0.39 is 10.0 Å². The van der Waals surface area contributed by atoms with Gasteiger partial charge >= 0.3 is 0 Å². The molecule has 0 saturated carbocycles. The second-order valence-electron chi connectivity index (χ2n) is 4.70. The van der Waals surface area contributed by atoms with Gasteiger partial charge in [-0.25, -0.2) is 13.1 Å². The largest absolute Gasteiger partial charge is 0.381 e. The fourth-order valence-electron chi connectivity index (χ4n) is 2.13. The van der Waals surface area contributed by atoms with Crippen molar-refractivity contribution in [1.82, 2.24) is 4.72 Å². The second kappa shape index (κ2) is 6.70. The van der Waals surface area contributed by atoms with Crippen molar-refractivity contribution in [3.63, 3.8) is 0 Å². The molecule has 0 spiro atoms. The average molecular weight is 304 g/mol. The minimum Gasteiger partial charge on any atom is -0.381 e. The van der Waals surface area contributed by atoms with Crippen molar-refractivity contribution in [1.29, 1.82) is 0 Å². The van der Waals surface area contributed by atoms with E-state index in [0.717, 1.165) is 32.5 Å². The minimum absolute atomic E-state index is 0.254. The Morgan fingerprint density at radius 1 is 1.21 bits per heavy atom. The normalized spacial score (nSPS) is 17.5. The molecule has 1 heterocycles. The quantitative estimate of drug-likeness (QED) is 0.909. The lowest BCUT2D eigenvalue weighted by Crippen LogP contribution is -2.27. The Morgan fingerprint density at radius 2 is 1.84 bits per heavy atom. The Kier molecular flexibility index (Phi) is 5.21. The lowest BCUT2D eigenvalue weighted by molar-refractivity contribution is 0.0644. The van der Waals surface area contributed by atoms with E-state index in [4.69, 9.17) is 16.3 Å². The Morgan fingerprint density at radius 3 is 2.47 bits per heavy atom. The van der Waals surface area contributed by atoms with Crippen LogP contribution in [0.25, 0.3) is 0 Å². The van der Waals surface area contributed by atoms with Gasteiger partial charge in [-0.05, 0) is 49.4 Å². The van der Waals surface area contributed by atoms with Crippen LogP contribution in [-0.2, 0) is 14.8 Å². The Labute approximate surface area is 119 Å². The van der Waals surface area contributed by atoms with E-state index in [0.29, 0.717) is 17.5 Å². The molecular formula is C13H18ClNO3S. The molecule has 0 unspecified atom stereocenters. The molecule has 1 aliphatic rings. The first kappa shape index (κ1) is 14.8. The second-order valence-corrected chi connectivity index (χ2v) is 6.90. The summed E-state index contributed by atoms with van der Waals surface area (Å²) in [5.74, 6) is 0.557. The SMILES string of the molecule is O=S(=O)(NCCC1CCOCC1)c1ccc(Cl)cc1. The fourth-order valence-corrected chi connectivity index (χ4v) is 3.30. The maximum absolute atomic E-state index is 12.0. The van der Waals surface area contributed by atoms with Crippen LogP contribution in [0.1, 0.15) is 19.3 Å². The summed E-state index contributed by atoms with van der Waals surface area (Å²) in [6.07, 6.45) is 2.89. The van der Waals surface area contributed by atoms with Crippen LogP contribution in [-0.4, -0.2) is 28.2 Å². The Bertz CT molecular complexity index is 495. The number of rotatable bonds is 5. The van der Waals surface area contributed by atoms with E-state index >= 15 is 0 Å². The molecule has 6 heteroatoms. The van der Waals surface area contributed by atoms with Crippen LogP contribution < -0.4 is 4.72 Å². The van der Waals surface area contributed by atoms with Crippen LogP contribution in [0.3, 0.4) is 0 Å². The molecule has 0 amide bonds. The highest BCUT2D eigenvalue weighted by molar-refractivity contribution is 7.89. The molecule has 1 saturated heterocycles. The van der Waals surface area contributed by atoms with Gasteiger partial charge in [0.1, 0.15) is 0 Å². The number of hydrogen-bond donors (Lipinski definition) is 1. The monoisotopic (exact) mass is 303 g/mol. The van der Waals surface area contributed by atoms with E-state index in [1.807, 2.05) is 0 Å². The molecule has 0 aromatic heterocycles. The van der Waals surface area contributed by atoms with Crippen molar-refractivity contribution in [2.24, 2.45) is 5.92 Å². The first-order valence-electron chi connectivity index (χ1n) is 6.41. The first-order valence-corrected chi connectivity index (χ1v) is 8.27. The van der Waals surface area contributed by atoms with Crippen molar-refractivity contribution in [2.45, 2.75) is 24.2 Å². The Hall–Kier alpha value is -0.620. The van der Waals surface area contributed by atoms with Gasteiger partial charge in [0.15, 0.2) is 0 Å². The fraction of sp³-hybridized carbons (Fsp3) is 0.538. The van der Waals surface area contributed by atoms with E-state index in [2.05, 4.69) is 4.72 Å². The van der Waals surface area contributed by atoms with Crippen LogP contribution in [0.15, 0.2) is 29.2 Å². The zero-order chi connectivity index (χ0) is 13.7. The highest BCUT2D eigenvalue weighted by Crippen LogP contribution is 2.18. The summed E-state index contributed by atoms with van der Waals surface area (Å²) in [4.78, 5) is 0.254. The zero-order valence-corrected chi connectivity index (χ0v) is 12.2. The van der Waals surface area contributed by atoms with E-state index in [1.165, 1.54) is 12.1 Å². The molecule has 0 radical (unpaired) electrons. The van der Waals surface area contributed by atoms with Crippen LogP contribution >= 0.6 is 11.6 Å². The molecule has 4 nitrogen and oxygen atoms in total. The maximum Gasteiger partial charge on any atom is 0.240 e. The molecule has 106 valence electrons. The number of ether oxygens (including phenoxy) is 1. The van der Waals surface area contributed by atoms with Crippen LogP contribution in [0.5, 0.6) is 0 Å². The van der Waals surface area contributed by atoms with Gasteiger partial charge < -0.3 is 4.74 Å². The third-order valence-electron chi connectivity index (χ3n) is 3.31. The topological polar surface area (TPSA) is 55.4 Å². The molecule has 1 aromatic carbocycles. The molecule has 1 aromatic rings. The summed E-state index contributed by atoms with van der Waals surface area (Å²) < 4.78 is 31.9. The van der Waals surface area contributed by atoms with Crippen molar-refractivity contribution in [2.75, 3.05) is 19.8 Å². The van der Waals surface area contributed by atoms with Crippen LogP contribution in [0.4, 0.5) is 0 Å². The Balaban J connectivity index is 1.85. The standard InChI is InChI=1S/C13H18ClNO3S/c14-12-1-3-13(4-2-12)19(16,17)15-8-5-11-6-9-18-10-7-11/h1-4,11,15H,5-10H2. The molecule has 0 aliphatic carbocycles. The summed E-state index contributed by atoms with van der Waals surface area (Å²) in [6.45, 7) is 2.04. The lowest BCUT2D eigenvalue weighted by atomic mass is 9.97. The summed E-state index contributed by atoms with van der Waals surface area (Å²) in [5, 5.41) is 0.529. The molecule has 2 rings (SSSR count). The van der Waals surface area contributed by atoms with Crippen molar-refractivity contribution in [3.8, 4) is 0 Å². The summed E-state index contributed by atoms with van der Waals surface area (Å²) in [7, 11) is -3.42. The number of nitrogens with one attached hydrogen (secondary N) is 1. The smallest absolute Gasteiger partial charge is 0.240 e. The minimum atomic E-state index is -3.42. The van der Waals surface area contributed by atoms with Gasteiger partial charge in [0.2, 0.25) is 10.0 Å². The maximum atomic E-state index is 12.0. The molecule has 1 N–H and O–H groups in total. The number of sulfonamides is 1. The summed E-state index contributed by atoms with van der Waals surface area (Å²) in [5.41, 5.74) is 0. The van der Waals surface area contributed by atoms with Crippen LogP contribution in [0.2, 0.25) is 5.02 Å². The van der Waals surface area contributed by atoms with Crippen molar-refractivity contribution >= 4 is 21.6 Å². The molecule has 0 bridgehead atoms. The van der Waals surface area contributed by atoms with Gasteiger partial charge in [0.05, 0.1) is 4.90 Å². The van der Waals surface area contributed by atoms with Crippen molar-refractivity contribution < 1.29 is 13.2 Å².